The van der Waals surface area contributed by atoms with Crippen LogP contribution in [0, 0.1) is 19.7 Å². The van der Waals surface area contributed by atoms with Crippen molar-refractivity contribution in [1.29, 1.82) is 0 Å². The molecule has 24 heavy (non-hydrogen) atoms. The van der Waals surface area contributed by atoms with E-state index in [1.807, 2.05) is 19.9 Å². The lowest BCUT2D eigenvalue weighted by molar-refractivity contribution is 0.121. The second kappa shape index (κ2) is 7.32. The van der Waals surface area contributed by atoms with E-state index in [9.17, 15) is 4.39 Å². The number of rotatable bonds is 5. The number of ether oxygens (including phenoxy) is 1. The van der Waals surface area contributed by atoms with Gasteiger partial charge in [0.25, 0.3) is 0 Å². The van der Waals surface area contributed by atoms with Crippen molar-refractivity contribution in [2.75, 3.05) is 33.3 Å². The summed E-state index contributed by atoms with van der Waals surface area (Å²) < 4.78 is 24.0. The molecule has 1 saturated heterocycles. The topological polar surface area (TPSA) is 41.7 Å². The summed E-state index contributed by atoms with van der Waals surface area (Å²) in [5, 5.41) is 4.02. The van der Waals surface area contributed by atoms with E-state index in [0.29, 0.717) is 5.75 Å². The molecule has 0 radical (unpaired) electrons. The molecule has 1 aliphatic heterocycles. The van der Waals surface area contributed by atoms with Crippen LogP contribution in [0.5, 0.6) is 5.75 Å². The summed E-state index contributed by atoms with van der Waals surface area (Å²) >= 11 is 0. The van der Waals surface area contributed by atoms with Gasteiger partial charge in [-0.3, -0.25) is 9.80 Å². The summed E-state index contributed by atoms with van der Waals surface area (Å²) in [5.41, 5.74) is 3.15. The van der Waals surface area contributed by atoms with Crippen LogP contribution in [0.25, 0.3) is 0 Å². The van der Waals surface area contributed by atoms with Gasteiger partial charge in [-0.25, -0.2) is 4.39 Å². The van der Waals surface area contributed by atoms with Crippen molar-refractivity contribution >= 4 is 0 Å². The number of piperazine rings is 1. The highest BCUT2D eigenvalue weighted by Gasteiger charge is 2.20. The van der Waals surface area contributed by atoms with Gasteiger partial charge >= 0.3 is 0 Å². The second-order valence-corrected chi connectivity index (χ2v) is 6.32. The highest BCUT2D eigenvalue weighted by molar-refractivity contribution is 5.29. The minimum Gasteiger partial charge on any atom is -0.494 e. The van der Waals surface area contributed by atoms with Gasteiger partial charge in [0.05, 0.1) is 12.8 Å². The maximum Gasteiger partial charge on any atom is 0.165 e. The average molecular weight is 333 g/mol. The third-order valence-corrected chi connectivity index (χ3v) is 4.65. The van der Waals surface area contributed by atoms with Gasteiger partial charge < -0.3 is 9.26 Å². The van der Waals surface area contributed by atoms with E-state index in [1.54, 1.807) is 12.1 Å². The highest BCUT2D eigenvalue weighted by Crippen LogP contribution is 2.20. The Morgan fingerprint density at radius 2 is 1.79 bits per heavy atom. The molecule has 2 heterocycles. The SMILES string of the molecule is COc1ccc(CN2CCN(Cc3c(C)noc3C)CC2)cc1F. The Bertz CT molecular complexity index is 674. The van der Waals surface area contributed by atoms with Crippen molar-refractivity contribution in [3.8, 4) is 5.75 Å². The largest absolute Gasteiger partial charge is 0.494 e. The summed E-state index contributed by atoms with van der Waals surface area (Å²) in [7, 11) is 1.48. The monoisotopic (exact) mass is 333 g/mol. The van der Waals surface area contributed by atoms with E-state index in [-0.39, 0.29) is 5.82 Å². The number of hydrogen-bond acceptors (Lipinski definition) is 5. The Labute approximate surface area is 142 Å². The third kappa shape index (κ3) is 3.76. The lowest BCUT2D eigenvalue weighted by Gasteiger charge is -2.34. The zero-order valence-electron chi connectivity index (χ0n) is 14.5. The molecule has 2 aromatic rings. The number of nitrogens with zero attached hydrogens (tertiary/aromatic N) is 3. The van der Waals surface area contributed by atoms with Gasteiger partial charge in [-0.05, 0) is 31.5 Å². The summed E-state index contributed by atoms with van der Waals surface area (Å²) in [6.07, 6.45) is 0. The molecule has 1 aliphatic rings. The molecule has 1 aromatic carbocycles. The van der Waals surface area contributed by atoms with Gasteiger partial charge in [-0.15, -0.1) is 0 Å². The Morgan fingerprint density at radius 1 is 1.12 bits per heavy atom. The molecule has 1 aromatic heterocycles. The Kier molecular flexibility index (Phi) is 5.16. The fourth-order valence-corrected chi connectivity index (χ4v) is 3.12. The van der Waals surface area contributed by atoms with Crippen LogP contribution in [0.3, 0.4) is 0 Å². The van der Waals surface area contributed by atoms with E-state index >= 15 is 0 Å². The van der Waals surface area contributed by atoms with Crippen LogP contribution in [0.2, 0.25) is 0 Å². The van der Waals surface area contributed by atoms with Crippen LogP contribution in [0.15, 0.2) is 22.7 Å². The third-order valence-electron chi connectivity index (χ3n) is 4.65. The Hall–Kier alpha value is -1.92. The van der Waals surface area contributed by atoms with Crippen LogP contribution in [-0.2, 0) is 13.1 Å². The van der Waals surface area contributed by atoms with Crippen molar-refractivity contribution < 1.29 is 13.7 Å². The number of aryl methyl sites for hydroxylation is 2. The normalized spacial score (nSPS) is 16.5. The number of benzene rings is 1. The Morgan fingerprint density at radius 3 is 2.33 bits per heavy atom. The molecule has 0 spiro atoms. The molecular formula is C18H24FN3O2. The van der Waals surface area contributed by atoms with E-state index in [4.69, 9.17) is 9.26 Å². The molecule has 0 unspecified atom stereocenters. The fourth-order valence-electron chi connectivity index (χ4n) is 3.12. The standard InChI is InChI=1S/C18H24FN3O2/c1-13-16(14(2)24-20-13)12-22-8-6-21(7-9-22)11-15-4-5-18(23-3)17(19)10-15/h4-5,10H,6-9,11-12H2,1-3H3. The first-order chi connectivity index (χ1) is 11.6. The Balaban J connectivity index is 1.53. The van der Waals surface area contributed by atoms with Crippen LogP contribution in [0.4, 0.5) is 4.39 Å². The van der Waals surface area contributed by atoms with Crippen LogP contribution < -0.4 is 4.74 Å². The van der Waals surface area contributed by atoms with Crippen LogP contribution in [0.1, 0.15) is 22.6 Å². The number of halogens is 1. The van der Waals surface area contributed by atoms with Crippen molar-refractivity contribution in [2.24, 2.45) is 0 Å². The predicted molar refractivity (Wildman–Crippen MR) is 89.5 cm³/mol. The van der Waals surface area contributed by atoms with Crippen LogP contribution in [-0.4, -0.2) is 48.2 Å². The number of hydrogen-bond donors (Lipinski definition) is 0. The molecule has 0 N–H and O–H groups in total. The highest BCUT2D eigenvalue weighted by atomic mass is 19.1. The van der Waals surface area contributed by atoms with E-state index < -0.39 is 0 Å². The van der Waals surface area contributed by atoms with Gasteiger partial charge in [0.2, 0.25) is 0 Å². The van der Waals surface area contributed by atoms with E-state index in [1.165, 1.54) is 12.7 Å². The summed E-state index contributed by atoms with van der Waals surface area (Å²) in [5.74, 6) is 0.902. The second-order valence-electron chi connectivity index (χ2n) is 6.32. The van der Waals surface area contributed by atoms with Gasteiger partial charge in [0.1, 0.15) is 5.76 Å². The van der Waals surface area contributed by atoms with Gasteiger partial charge in [0, 0.05) is 44.8 Å². The molecule has 130 valence electrons. The molecular weight excluding hydrogens is 309 g/mol. The lowest BCUT2D eigenvalue weighted by atomic mass is 10.1. The van der Waals surface area contributed by atoms with Gasteiger partial charge in [0.15, 0.2) is 11.6 Å². The smallest absolute Gasteiger partial charge is 0.165 e. The minimum atomic E-state index is -0.299. The quantitative estimate of drug-likeness (QED) is 0.842. The van der Waals surface area contributed by atoms with E-state index in [2.05, 4.69) is 15.0 Å². The molecule has 0 bridgehead atoms. The maximum atomic E-state index is 13.8. The zero-order valence-corrected chi connectivity index (χ0v) is 14.5. The first-order valence-electron chi connectivity index (χ1n) is 8.25. The van der Waals surface area contributed by atoms with Gasteiger partial charge in [-0.1, -0.05) is 11.2 Å². The fraction of sp³-hybridized carbons (Fsp3) is 0.500. The molecule has 0 atom stereocenters. The van der Waals surface area contributed by atoms with Crippen molar-refractivity contribution in [1.82, 2.24) is 15.0 Å². The zero-order chi connectivity index (χ0) is 17.1. The minimum absolute atomic E-state index is 0.294. The van der Waals surface area contributed by atoms with Crippen LogP contribution >= 0.6 is 0 Å². The van der Waals surface area contributed by atoms with Gasteiger partial charge in [-0.2, -0.15) is 0 Å². The lowest BCUT2D eigenvalue weighted by Crippen LogP contribution is -2.45. The molecule has 0 saturated carbocycles. The molecule has 1 fully saturated rings. The molecule has 6 heteroatoms. The number of aromatic nitrogens is 1. The maximum absolute atomic E-state index is 13.8. The average Bonchev–Trinajstić information content (AvgIpc) is 2.89. The number of methoxy groups -OCH3 is 1. The van der Waals surface area contributed by atoms with Crippen molar-refractivity contribution in [3.63, 3.8) is 0 Å². The summed E-state index contributed by atoms with van der Waals surface area (Å²) in [4.78, 5) is 4.77. The molecule has 0 aliphatic carbocycles. The molecule has 3 rings (SSSR count). The molecule has 0 amide bonds. The summed E-state index contributed by atoms with van der Waals surface area (Å²) in [6.45, 7) is 9.51. The van der Waals surface area contributed by atoms with Crippen molar-refractivity contribution in [2.45, 2.75) is 26.9 Å². The van der Waals surface area contributed by atoms with E-state index in [0.717, 1.165) is 56.3 Å². The predicted octanol–water partition coefficient (Wildman–Crippen LogP) is 2.76. The molecule has 5 nitrogen and oxygen atoms in total. The van der Waals surface area contributed by atoms with Crippen molar-refractivity contribution in [3.05, 3.63) is 46.6 Å². The first kappa shape index (κ1) is 16.9. The first-order valence-corrected chi connectivity index (χ1v) is 8.25. The summed E-state index contributed by atoms with van der Waals surface area (Å²) in [6, 6.07) is 5.19.